The number of rotatable bonds is 4. The van der Waals surface area contributed by atoms with Crippen LogP contribution in [-0.2, 0) is 4.79 Å². The van der Waals surface area contributed by atoms with Gasteiger partial charge in [-0.1, -0.05) is 12.1 Å². The van der Waals surface area contributed by atoms with E-state index in [9.17, 15) is 4.79 Å². The fraction of sp³-hybridized carbons (Fsp3) is 0.562. The van der Waals surface area contributed by atoms with Crippen molar-refractivity contribution in [1.29, 1.82) is 0 Å². The Morgan fingerprint density at radius 2 is 2.14 bits per heavy atom. The first-order chi connectivity index (χ1) is 10.1. The van der Waals surface area contributed by atoms with Gasteiger partial charge in [0.1, 0.15) is 0 Å². The molecule has 1 atom stereocenters. The van der Waals surface area contributed by atoms with Gasteiger partial charge >= 0.3 is 0 Å². The van der Waals surface area contributed by atoms with Crippen LogP contribution in [0.1, 0.15) is 19.8 Å². The highest BCUT2D eigenvalue weighted by Crippen LogP contribution is 2.17. The molecule has 1 aromatic carbocycles. The number of carbonyl (C=O) groups is 1. The molecule has 1 fully saturated rings. The second kappa shape index (κ2) is 7.43. The summed E-state index contributed by atoms with van der Waals surface area (Å²) in [6.07, 6.45) is 1.66. The molecular weight excluding hydrogens is 264 g/mol. The number of carbonyl (C=O) groups excluding carboxylic acids is 1. The molecule has 116 valence electrons. The predicted molar refractivity (Wildman–Crippen MR) is 87.3 cm³/mol. The zero-order valence-corrected chi connectivity index (χ0v) is 13.0. The molecule has 1 saturated heterocycles. The number of nitrogens with one attached hydrogen (secondary N) is 1. The summed E-state index contributed by atoms with van der Waals surface area (Å²) in [5.41, 5.74) is 7.14. The molecule has 0 radical (unpaired) electrons. The SMILES string of the molecule is CC1CN(C)CCCN1CCC(=O)Nc1ccccc1N. The highest BCUT2D eigenvalue weighted by molar-refractivity contribution is 5.93. The number of anilines is 2. The third-order valence-corrected chi connectivity index (χ3v) is 4.05. The second-order valence-electron chi connectivity index (χ2n) is 5.89. The topological polar surface area (TPSA) is 61.6 Å². The third kappa shape index (κ3) is 4.72. The van der Waals surface area contributed by atoms with Gasteiger partial charge in [-0.15, -0.1) is 0 Å². The first-order valence-electron chi connectivity index (χ1n) is 7.63. The van der Waals surface area contributed by atoms with Gasteiger partial charge in [0.05, 0.1) is 11.4 Å². The highest BCUT2D eigenvalue weighted by Gasteiger charge is 2.20. The Morgan fingerprint density at radius 1 is 1.38 bits per heavy atom. The lowest BCUT2D eigenvalue weighted by atomic mass is 10.2. The Labute approximate surface area is 127 Å². The van der Waals surface area contributed by atoms with E-state index >= 15 is 0 Å². The normalized spacial score (nSPS) is 21.0. The number of hydrogen-bond donors (Lipinski definition) is 2. The number of likely N-dealkylation sites (N-methyl/N-ethyl adjacent to an activating group) is 1. The van der Waals surface area contributed by atoms with Gasteiger partial charge < -0.3 is 16.0 Å². The van der Waals surface area contributed by atoms with E-state index in [0.29, 0.717) is 23.8 Å². The third-order valence-electron chi connectivity index (χ3n) is 4.05. The predicted octanol–water partition coefficient (Wildman–Crippen LogP) is 1.62. The van der Waals surface area contributed by atoms with E-state index in [0.717, 1.165) is 32.6 Å². The molecule has 1 amide bonds. The van der Waals surface area contributed by atoms with Gasteiger partial charge in [0.2, 0.25) is 5.91 Å². The fourth-order valence-electron chi connectivity index (χ4n) is 2.82. The van der Waals surface area contributed by atoms with Gasteiger partial charge in [-0.2, -0.15) is 0 Å². The lowest BCUT2D eigenvalue weighted by Gasteiger charge is -2.27. The van der Waals surface area contributed by atoms with Gasteiger partial charge in [-0.05, 0) is 45.6 Å². The average molecular weight is 290 g/mol. The number of benzene rings is 1. The molecule has 0 saturated carbocycles. The largest absolute Gasteiger partial charge is 0.397 e. The number of nitrogen functional groups attached to an aromatic ring is 1. The zero-order chi connectivity index (χ0) is 15.2. The Balaban J connectivity index is 1.82. The molecule has 5 heteroatoms. The summed E-state index contributed by atoms with van der Waals surface area (Å²) in [7, 11) is 2.16. The standard InChI is InChI=1S/C16H26N4O/c1-13-12-19(2)9-5-10-20(13)11-8-16(21)18-15-7-4-3-6-14(15)17/h3-4,6-7,13H,5,8-12,17H2,1-2H3,(H,18,21). The van der Waals surface area contributed by atoms with Crippen molar-refractivity contribution >= 4 is 17.3 Å². The Kier molecular flexibility index (Phi) is 5.59. The molecule has 0 bridgehead atoms. The molecule has 0 aromatic heterocycles. The van der Waals surface area contributed by atoms with Crippen molar-refractivity contribution in [2.45, 2.75) is 25.8 Å². The summed E-state index contributed by atoms with van der Waals surface area (Å²) in [6.45, 7) is 6.29. The average Bonchev–Trinajstić information content (AvgIpc) is 2.60. The first-order valence-corrected chi connectivity index (χ1v) is 7.63. The zero-order valence-electron chi connectivity index (χ0n) is 13.0. The van der Waals surface area contributed by atoms with Gasteiger partial charge in [-0.3, -0.25) is 9.69 Å². The minimum absolute atomic E-state index is 0.0256. The number of amides is 1. The smallest absolute Gasteiger partial charge is 0.225 e. The maximum Gasteiger partial charge on any atom is 0.225 e. The van der Waals surface area contributed by atoms with Gasteiger partial charge in [0.25, 0.3) is 0 Å². The first kappa shape index (κ1) is 15.8. The van der Waals surface area contributed by atoms with Crippen molar-refractivity contribution in [3.8, 4) is 0 Å². The van der Waals surface area contributed by atoms with Gasteiger partial charge in [0.15, 0.2) is 0 Å². The molecule has 2 rings (SSSR count). The summed E-state index contributed by atoms with van der Waals surface area (Å²) >= 11 is 0. The molecule has 0 aliphatic carbocycles. The van der Waals surface area contributed by atoms with Crippen LogP contribution in [0.15, 0.2) is 24.3 Å². The van der Waals surface area contributed by atoms with E-state index in [-0.39, 0.29) is 5.91 Å². The van der Waals surface area contributed by atoms with Crippen LogP contribution >= 0.6 is 0 Å². The molecular formula is C16H26N4O. The van der Waals surface area contributed by atoms with E-state index < -0.39 is 0 Å². The number of nitrogens with zero attached hydrogens (tertiary/aromatic N) is 2. The summed E-state index contributed by atoms with van der Waals surface area (Å²) in [6, 6.07) is 7.85. The number of hydrogen-bond acceptors (Lipinski definition) is 4. The Morgan fingerprint density at radius 3 is 2.90 bits per heavy atom. The Hall–Kier alpha value is -1.59. The summed E-state index contributed by atoms with van der Waals surface area (Å²) < 4.78 is 0. The van der Waals surface area contributed by atoms with E-state index in [4.69, 9.17) is 5.73 Å². The van der Waals surface area contributed by atoms with Crippen LogP contribution in [0.2, 0.25) is 0 Å². The molecule has 1 unspecified atom stereocenters. The molecule has 0 spiro atoms. The molecule has 1 aliphatic rings. The quantitative estimate of drug-likeness (QED) is 0.827. The van der Waals surface area contributed by atoms with Crippen molar-refractivity contribution in [2.24, 2.45) is 0 Å². The lowest BCUT2D eigenvalue weighted by Crippen LogP contribution is -2.39. The van der Waals surface area contributed by atoms with Crippen LogP contribution < -0.4 is 11.1 Å². The molecule has 1 aromatic rings. The van der Waals surface area contributed by atoms with Crippen LogP contribution in [0.4, 0.5) is 11.4 Å². The second-order valence-corrected chi connectivity index (χ2v) is 5.89. The van der Waals surface area contributed by atoms with Gasteiger partial charge in [0, 0.05) is 25.6 Å². The van der Waals surface area contributed by atoms with Crippen LogP contribution in [0.25, 0.3) is 0 Å². The monoisotopic (exact) mass is 290 g/mol. The Bertz CT molecular complexity index is 477. The van der Waals surface area contributed by atoms with Crippen molar-refractivity contribution in [2.75, 3.05) is 44.3 Å². The van der Waals surface area contributed by atoms with Crippen LogP contribution in [0.3, 0.4) is 0 Å². The van der Waals surface area contributed by atoms with Crippen molar-refractivity contribution in [3.05, 3.63) is 24.3 Å². The molecule has 1 heterocycles. The molecule has 1 aliphatic heterocycles. The van der Waals surface area contributed by atoms with Crippen molar-refractivity contribution in [3.63, 3.8) is 0 Å². The minimum Gasteiger partial charge on any atom is -0.397 e. The lowest BCUT2D eigenvalue weighted by molar-refractivity contribution is -0.116. The van der Waals surface area contributed by atoms with E-state index in [2.05, 4.69) is 29.1 Å². The number of para-hydroxylation sites is 2. The van der Waals surface area contributed by atoms with Gasteiger partial charge in [-0.25, -0.2) is 0 Å². The van der Waals surface area contributed by atoms with Crippen molar-refractivity contribution < 1.29 is 4.79 Å². The maximum atomic E-state index is 12.1. The van der Waals surface area contributed by atoms with E-state index in [1.54, 1.807) is 6.07 Å². The summed E-state index contributed by atoms with van der Waals surface area (Å²) in [4.78, 5) is 16.8. The fourth-order valence-corrected chi connectivity index (χ4v) is 2.82. The minimum atomic E-state index is 0.0256. The van der Waals surface area contributed by atoms with Crippen molar-refractivity contribution in [1.82, 2.24) is 9.80 Å². The molecule has 21 heavy (non-hydrogen) atoms. The summed E-state index contributed by atoms with van der Waals surface area (Å²) in [5, 5.41) is 2.89. The van der Waals surface area contributed by atoms with E-state index in [1.165, 1.54) is 0 Å². The maximum absolute atomic E-state index is 12.1. The van der Waals surface area contributed by atoms with E-state index in [1.807, 2.05) is 18.2 Å². The van der Waals surface area contributed by atoms with Crippen LogP contribution in [0, 0.1) is 0 Å². The molecule has 5 nitrogen and oxygen atoms in total. The van der Waals surface area contributed by atoms with Crippen LogP contribution in [-0.4, -0.2) is 55.0 Å². The number of nitrogens with two attached hydrogens (primary N) is 1. The molecule has 3 N–H and O–H groups in total. The highest BCUT2D eigenvalue weighted by atomic mass is 16.1. The van der Waals surface area contributed by atoms with Crippen LogP contribution in [0.5, 0.6) is 0 Å². The summed E-state index contributed by atoms with van der Waals surface area (Å²) in [5.74, 6) is 0.0256.